The van der Waals surface area contributed by atoms with E-state index in [1.54, 1.807) is 23.5 Å². The van der Waals surface area contributed by atoms with Crippen LogP contribution in [0.5, 0.6) is 0 Å². The minimum atomic E-state index is 0. The van der Waals surface area contributed by atoms with E-state index in [0.717, 1.165) is 77.0 Å². The van der Waals surface area contributed by atoms with Crippen molar-refractivity contribution in [3.05, 3.63) is 105 Å². The van der Waals surface area contributed by atoms with Gasteiger partial charge in [-0.2, -0.15) is 0 Å². The predicted molar refractivity (Wildman–Crippen MR) is 239 cm³/mol. The van der Waals surface area contributed by atoms with Crippen LogP contribution < -0.4 is 10.6 Å². The summed E-state index contributed by atoms with van der Waals surface area (Å²) in [7, 11) is 0. The van der Waals surface area contributed by atoms with Gasteiger partial charge in [-0.3, -0.25) is 0 Å². The van der Waals surface area contributed by atoms with E-state index in [0.29, 0.717) is 0 Å². The molecule has 0 bridgehead atoms. The summed E-state index contributed by atoms with van der Waals surface area (Å²) in [5.74, 6) is 0. The summed E-state index contributed by atoms with van der Waals surface area (Å²) in [5, 5.41) is 10.2. The Kier molecular flexibility index (Phi) is 24.1. The number of nitrogens with one attached hydrogen (secondary N) is 2. The molecule has 2 saturated heterocycles. The fourth-order valence-corrected chi connectivity index (χ4v) is 8.78. The van der Waals surface area contributed by atoms with Crippen LogP contribution in [0.3, 0.4) is 0 Å². The molecule has 2 heterocycles. The van der Waals surface area contributed by atoms with Gasteiger partial charge in [0.05, 0.1) is 0 Å². The number of halogens is 6. The van der Waals surface area contributed by atoms with Gasteiger partial charge in [0.1, 0.15) is 0 Å². The van der Waals surface area contributed by atoms with Crippen LogP contribution in [0.15, 0.2) is 105 Å². The Hall–Kier alpha value is -1.20. The Morgan fingerprint density at radius 3 is 1.17 bits per heavy atom. The number of hydrogen-bond acceptors (Lipinski definition) is 6. The van der Waals surface area contributed by atoms with Gasteiger partial charge in [-0.05, 0) is 163 Å². The highest BCUT2D eigenvalue weighted by atomic mass is 35.5. The Morgan fingerprint density at radius 2 is 0.811 bits per heavy atom. The predicted octanol–water partition coefficient (Wildman–Crippen LogP) is 12.9. The van der Waals surface area contributed by atoms with Crippen LogP contribution in [-0.4, -0.2) is 67.6 Å². The molecule has 4 aromatic carbocycles. The van der Waals surface area contributed by atoms with Gasteiger partial charge in [-0.15, -0.1) is 24.8 Å². The van der Waals surface area contributed by atoms with E-state index in [2.05, 4.69) is 32.6 Å². The summed E-state index contributed by atoms with van der Waals surface area (Å²) >= 11 is 27.8. The van der Waals surface area contributed by atoms with Crippen molar-refractivity contribution in [2.75, 3.05) is 63.0 Å². The minimum absolute atomic E-state index is 0. The number of likely N-dealkylation sites (tertiary alicyclic amines) is 2. The van der Waals surface area contributed by atoms with Gasteiger partial charge in [-0.25, -0.2) is 0 Å². The van der Waals surface area contributed by atoms with Crippen molar-refractivity contribution in [2.45, 2.75) is 70.9 Å². The highest BCUT2D eigenvalue weighted by Gasteiger charge is 2.12. The van der Waals surface area contributed by atoms with E-state index in [1.807, 2.05) is 72.8 Å². The van der Waals surface area contributed by atoms with Crippen molar-refractivity contribution >= 4 is 106 Å². The molecule has 5 nitrogen and oxygen atoms in total. The standard InChI is InChI=1S/2C20H24Cl2N2S.2ClH.H2O/c2*21-16-5-8-18(9-6-16)25-20-15-17(22)7-10-19(20)23-11-4-14-24-12-2-1-3-13-24;;;/h2*5-10,15,23H,1-4,11-14H2;2*1H;1H2. The van der Waals surface area contributed by atoms with E-state index in [-0.39, 0.29) is 30.3 Å². The van der Waals surface area contributed by atoms with Gasteiger partial charge in [-0.1, -0.05) is 82.8 Å². The van der Waals surface area contributed by atoms with Crippen molar-refractivity contribution in [3.63, 3.8) is 0 Å². The zero-order valence-corrected chi connectivity index (χ0v) is 36.2. The van der Waals surface area contributed by atoms with Crippen molar-refractivity contribution < 1.29 is 5.48 Å². The maximum absolute atomic E-state index is 6.20. The minimum Gasteiger partial charge on any atom is -0.412 e. The molecule has 0 aliphatic carbocycles. The highest BCUT2D eigenvalue weighted by molar-refractivity contribution is 7.99. The first-order valence-electron chi connectivity index (χ1n) is 17.8. The Morgan fingerprint density at radius 1 is 0.472 bits per heavy atom. The lowest BCUT2D eigenvalue weighted by Gasteiger charge is -2.26. The van der Waals surface area contributed by atoms with E-state index in [9.17, 15) is 0 Å². The molecule has 0 unspecified atom stereocenters. The zero-order chi connectivity index (χ0) is 35.0. The Bertz CT molecular complexity index is 1470. The molecule has 13 heteroatoms. The fourth-order valence-electron chi connectivity index (χ4n) is 6.13. The van der Waals surface area contributed by atoms with Crippen LogP contribution in [0.1, 0.15) is 51.4 Å². The third-order valence-corrected chi connectivity index (χ3v) is 11.9. The van der Waals surface area contributed by atoms with E-state index >= 15 is 0 Å². The van der Waals surface area contributed by atoms with Gasteiger partial charge < -0.3 is 25.9 Å². The van der Waals surface area contributed by atoms with Crippen molar-refractivity contribution in [3.8, 4) is 0 Å². The topological polar surface area (TPSA) is 62.0 Å². The first kappa shape index (κ1) is 48.0. The molecule has 6 rings (SSSR count). The fraction of sp³-hybridized carbons (Fsp3) is 0.400. The highest BCUT2D eigenvalue weighted by Crippen LogP contribution is 2.37. The van der Waals surface area contributed by atoms with Crippen LogP contribution in [-0.2, 0) is 0 Å². The van der Waals surface area contributed by atoms with Gasteiger partial charge in [0.2, 0.25) is 0 Å². The number of piperidine rings is 2. The smallest absolute Gasteiger partial charge is 0.0483 e. The number of benzene rings is 4. The van der Waals surface area contributed by atoms with Crippen molar-refractivity contribution in [1.29, 1.82) is 0 Å². The first-order valence-corrected chi connectivity index (χ1v) is 20.9. The van der Waals surface area contributed by atoms with Crippen molar-refractivity contribution in [2.24, 2.45) is 0 Å². The molecule has 292 valence electrons. The van der Waals surface area contributed by atoms with E-state index in [1.165, 1.54) is 77.8 Å². The van der Waals surface area contributed by atoms with Crippen LogP contribution in [0.2, 0.25) is 20.1 Å². The average Bonchev–Trinajstić information content (AvgIpc) is 3.13. The SMILES string of the molecule is Cl.Cl.Clc1ccc(Sc2cc(Cl)ccc2NCCCN2CCCCC2)cc1.Clc1ccc(Sc2cc(Cl)ccc2NCCCN2CCCCC2)cc1.O. The van der Waals surface area contributed by atoms with Crippen LogP contribution in [0, 0.1) is 0 Å². The zero-order valence-electron chi connectivity index (χ0n) is 29.9. The Balaban J connectivity index is 0.000000347. The largest absolute Gasteiger partial charge is 0.412 e. The summed E-state index contributed by atoms with van der Waals surface area (Å²) in [6, 6.07) is 27.9. The molecular formula is C40H52Cl6N4OS2. The second kappa shape index (κ2) is 26.6. The molecule has 53 heavy (non-hydrogen) atoms. The van der Waals surface area contributed by atoms with Gasteiger partial charge in [0.25, 0.3) is 0 Å². The molecule has 0 atom stereocenters. The number of hydrogen-bond donors (Lipinski definition) is 2. The lowest BCUT2D eigenvalue weighted by atomic mass is 10.1. The molecule has 0 amide bonds. The summed E-state index contributed by atoms with van der Waals surface area (Å²) in [6.07, 6.45) is 10.5. The van der Waals surface area contributed by atoms with E-state index < -0.39 is 0 Å². The number of nitrogens with zero attached hydrogens (tertiary/aromatic N) is 2. The Labute approximate surface area is 357 Å². The second-order valence-corrected chi connectivity index (χ2v) is 16.7. The summed E-state index contributed by atoms with van der Waals surface area (Å²) in [5.41, 5.74) is 2.28. The van der Waals surface area contributed by atoms with Crippen LogP contribution in [0.4, 0.5) is 11.4 Å². The second-order valence-electron chi connectivity index (χ2n) is 12.8. The lowest BCUT2D eigenvalue weighted by molar-refractivity contribution is 0.228. The lowest BCUT2D eigenvalue weighted by Crippen LogP contribution is -2.31. The number of rotatable bonds is 14. The molecule has 2 aliphatic rings. The quantitative estimate of drug-likeness (QED) is 0.123. The van der Waals surface area contributed by atoms with Crippen LogP contribution in [0.25, 0.3) is 0 Å². The molecule has 2 fully saturated rings. The van der Waals surface area contributed by atoms with Gasteiger partial charge in [0.15, 0.2) is 0 Å². The normalized spacial score (nSPS) is 14.4. The first-order chi connectivity index (χ1) is 24.4. The molecule has 2 aliphatic heterocycles. The molecule has 0 spiro atoms. The van der Waals surface area contributed by atoms with Crippen LogP contribution >= 0.6 is 94.7 Å². The third-order valence-electron chi connectivity index (χ3n) is 8.80. The third kappa shape index (κ3) is 17.6. The summed E-state index contributed by atoms with van der Waals surface area (Å²) in [4.78, 5) is 9.76. The maximum Gasteiger partial charge on any atom is 0.0483 e. The maximum atomic E-state index is 6.20. The molecule has 0 aromatic heterocycles. The van der Waals surface area contributed by atoms with Gasteiger partial charge in [0, 0.05) is 64.1 Å². The van der Waals surface area contributed by atoms with E-state index in [4.69, 9.17) is 46.4 Å². The molecule has 0 radical (unpaired) electrons. The van der Waals surface area contributed by atoms with Gasteiger partial charge >= 0.3 is 0 Å². The average molecular weight is 882 g/mol. The van der Waals surface area contributed by atoms with Crippen molar-refractivity contribution in [1.82, 2.24) is 9.80 Å². The monoisotopic (exact) mass is 878 g/mol. The number of anilines is 2. The summed E-state index contributed by atoms with van der Waals surface area (Å²) in [6.45, 7) is 9.37. The molecule has 4 aromatic rings. The molecular weight excluding hydrogens is 829 g/mol. The molecule has 4 N–H and O–H groups in total. The summed E-state index contributed by atoms with van der Waals surface area (Å²) < 4.78 is 0. The molecule has 0 saturated carbocycles.